The fourth-order valence-electron chi connectivity index (χ4n) is 1.35. The predicted octanol–water partition coefficient (Wildman–Crippen LogP) is 2.78. The van der Waals surface area contributed by atoms with Gasteiger partial charge in [-0.3, -0.25) is 0 Å². The molecule has 8 heteroatoms. The Morgan fingerprint density at radius 3 is 1.95 bits per heavy atom. The van der Waals surface area contributed by atoms with Crippen molar-refractivity contribution >= 4 is 32.7 Å². The Morgan fingerprint density at radius 2 is 1.70 bits per heavy atom. The maximum atomic E-state index is 10.8. The Hall–Kier alpha value is -1.09. The Bertz CT molecular complexity index is 658. The molecule has 0 aliphatic rings. The molecular weight excluding hydrogens is 318 g/mol. The normalized spacial score (nSPS) is 10.7. The highest BCUT2D eigenvalue weighted by Crippen LogP contribution is 2.31. The van der Waals surface area contributed by atoms with Crippen LogP contribution in [0.25, 0.3) is 0 Å². The number of thiophene rings is 2. The highest BCUT2D eigenvalue weighted by Gasteiger charge is 2.14. The summed E-state index contributed by atoms with van der Waals surface area (Å²) in [5, 5.41) is 8.54. The number of sulfonamides is 1. The second kappa shape index (κ2) is 7.07. The molecule has 0 fully saturated rings. The van der Waals surface area contributed by atoms with Crippen LogP contribution in [0, 0.1) is 13.8 Å². The summed E-state index contributed by atoms with van der Waals surface area (Å²) < 4.78 is 31.8. The summed E-state index contributed by atoms with van der Waals surface area (Å²) >= 11 is 2.66. The highest BCUT2D eigenvalue weighted by molar-refractivity contribution is 7.91. The van der Waals surface area contributed by atoms with E-state index in [1.807, 2.05) is 18.4 Å². The maximum Gasteiger partial charge on any atom is 0.247 e. The van der Waals surface area contributed by atoms with Gasteiger partial charge in [0.15, 0.2) is 10.1 Å². The van der Waals surface area contributed by atoms with E-state index in [0.717, 1.165) is 22.0 Å². The lowest BCUT2D eigenvalue weighted by Gasteiger charge is -1.92. The van der Waals surface area contributed by atoms with Crippen molar-refractivity contribution in [2.45, 2.75) is 18.1 Å². The van der Waals surface area contributed by atoms with Gasteiger partial charge in [0, 0.05) is 11.1 Å². The SMILES string of the molecule is COc1sc(S(N)(=O)=O)cc1C.COc1sccc1C. The van der Waals surface area contributed by atoms with E-state index in [0.29, 0.717) is 5.06 Å². The molecule has 112 valence electrons. The van der Waals surface area contributed by atoms with Crippen molar-refractivity contribution in [2.75, 3.05) is 14.2 Å². The number of nitrogens with two attached hydrogens (primary N) is 1. The van der Waals surface area contributed by atoms with Crippen LogP contribution in [0.3, 0.4) is 0 Å². The fourth-order valence-corrected chi connectivity index (χ4v) is 3.85. The van der Waals surface area contributed by atoms with Gasteiger partial charge in [-0.25, -0.2) is 13.6 Å². The first-order valence-electron chi connectivity index (χ1n) is 5.55. The Labute approximate surface area is 127 Å². The van der Waals surface area contributed by atoms with Gasteiger partial charge in [-0.1, -0.05) is 11.3 Å². The first-order chi connectivity index (χ1) is 9.29. The van der Waals surface area contributed by atoms with Crippen LogP contribution < -0.4 is 14.6 Å². The number of hydrogen-bond acceptors (Lipinski definition) is 6. The van der Waals surface area contributed by atoms with Crippen LogP contribution in [-0.4, -0.2) is 22.6 Å². The van der Waals surface area contributed by atoms with Crippen LogP contribution in [0.15, 0.2) is 21.7 Å². The predicted molar refractivity (Wildman–Crippen MR) is 82.6 cm³/mol. The third-order valence-corrected chi connectivity index (χ3v) is 5.91. The molecule has 0 aliphatic carbocycles. The van der Waals surface area contributed by atoms with Crippen molar-refractivity contribution in [3.8, 4) is 10.1 Å². The quantitative estimate of drug-likeness (QED) is 0.935. The van der Waals surface area contributed by atoms with Gasteiger partial charge in [-0.2, -0.15) is 0 Å². The number of rotatable bonds is 3. The fraction of sp³-hybridized carbons (Fsp3) is 0.333. The van der Waals surface area contributed by atoms with Gasteiger partial charge < -0.3 is 9.47 Å². The van der Waals surface area contributed by atoms with E-state index in [4.69, 9.17) is 14.6 Å². The van der Waals surface area contributed by atoms with Crippen LogP contribution in [0.2, 0.25) is 0 Å². The zero-order valence-corrected chi connectivity index (χ0v) is 14.1. The van der Waals surface area contributed by atoms with Crippen LogP contribution in [0.4, 0.5) is 0 Å². The van der Waals surface area contributed by atoms with Crippen molar-refractivity contribution in [2.24, 2.45) is 5.14 Å². The van der Waals surface area contributed by atoms with Gasteiger partial charge in [-0.05, 0) is 31.4 Å². The number of ether oxygens (including phenoxy) is 2. The van der Waals surface area contributed by atoms with Crippen LogP contribution in [-0.2, 0) is 10.0 Å². The Kier molecular flexibility index (Phi) is 6.00. The minimum atomic E-state index is -3.58. The minimum absolute atomic E-state index is 0.136. The average molecular weight is 335 g/mol. The van der Waals surface area contributed by atoms with Gasteiger partial charge >= 0.3 is 0 Å². The molecule has 0 saturated carbocycles. The largest absolute Gasteiger partial charge is 0.487 e. The summed E-state index contributed by atoms with van der Waals surface area (Å²) in [6.45, 7) is 3.80. The van der Waals surface area contributed by atoms with Crippen molar-refractivity contribution < 1.29 is 17.9 Å². The lowest BCUT2D eigenvalue weighted by Crippen LogP contribution is -2.09. The number of primary sulfonamides is 1. The first kappa shape index (κ1) is 17.0. The van der Waals surface area contributed by atoms with Crippen LogP contribution >= 0.6 is 22.7 Å². The van der Waals surface area contributed by atoms with E-state index in [-0.39, 0.29) is 4.21 Å². The van der Waals surface area contributed by atoms with Crippen LogP contribution in [0.1, 0.15) is 11.1 Å². The van der Waals surface area contributed by atoms with Gasteiger partial charge in [0.25, 0.3) is 0 Å². The summed E-state index contributed by atoms with van der Waals surface area (Å²) in [7, 11) is -0.391. The molecule has 2 heterocycles. The molecule has 20 heavy (non-hydrogen) atoms. The van der Waals surface area contributed by atoms with E-state index in [9.17, 15) is 8.42 Å². The molecule has 0 atom stereocenters. The smallest absolute Gasteiger partial charge is 0.247 e. The lowest BCUT2D eigenvalue weighted by molar-refractivity contribution is 0.424. The molecular formula is C12H17NO4S3. The maximum absolute atomic E-state index is 10.8. The average Bonchev–Trinajstić information content (AvgIpc) is 2.95. The van der Waals surface area contributed by atoms with Gasteiger partial charge in [0.05, 0.1) is 14.2 Å². The molecule has 2 N–H and O–H groups in total. The molecule has 0 aromatic carbocycles. The molecule has 0 amide bonds. The second-order valence-electron chi connectivity index (χ2n) is 3.88. The summed E-state index contributed by atoms with van der Waals surface area (Å²) in [4.78, 5) is 0. The molecule has 0 saturated heterocycles. The van der Waals surface area contributed by atoms with E-state index >= 15 is 0 Å². The van der Waals surface area contributed by atoms with Crippen molar-refractivity contribution in [3.63, 3.8) is 0 Å². The molecule has 5 nitrogen and oxygen atoms in total. The molecule has 0 radical (unpaired) electrons. The van der Waals surface area contributed by atoms with Gasteiger partial charge in [-0.15, -0.1) is 11.3 Å². The minimum Gasteiger partial charge on any atom is -0.487 e. The van der Waals surface area contributed by atoms with E-state index in [1.165, 1.54) is 18.7 Å². The molecule has 0 spiro atoms. The van der Waals surface area contributed by atoms with Gasteiger partial charge in [0.2, 0.25) is 10.0 Å². The molecule has 0 aliphatic heterocycles. The highest BCUT2D eigenvalue weighted by atomic mass is 32.2. The van der Waals surface area contributed by atoms with E-state index in [2.05, 4.69) is 0 Å². The Balaban J connectivity index is 0.000000217. The third-order valence-electron chi connectivity index (χ3n) is 2.32. The molecule has 2 rings (SSSR count). The first-order valence-corrected chi connectivity index (χ1v) is 8.79. The summed E-state index contributed by atoms with van der Waals surface area (Å²) in [6, 6.07) is 3.54. The summed E-state index contributed by atoms with van der Waals surface area (Å²) in [6.07, 6.45) is 0. The summed E-state index contributed by atoms with van der Waals surface area (Å²) in [5.41, 5.74) is 2.00. The zero-order valence-electron chi connectivity index (χ0n) is 11.7. The number of aryl methyl sites for hydroxylation is 2. The lowest BCUT2D eigenvalue weighted by atomic mass is 10.4. The monoisotopic (exact) mass is 335 g/mol. The van der Waals surface area contributed by atoms with Gasteiger partial charge in [0.1, 0.15) is 4.21 Å². The molecule has 0 bridgehead atoms. The standard InChI is InChI=1S/C6H9NO3S2.C6H8OS/c1-4-3-5(12(7,8)9)11-6(4)10-2;1-5-3-4-8-6(5)7-2/h3H,1-2H3,(H2,7,8,9);3-4H,1-2H3. The molecule has 2 aromatic heterocycles. The Morgan fingerprint density at radius 1 is 1.10 bits per heavy atom. The molecule has 0 unspecified atom stereocenters. The molecule has 2 aromatic rings. The van der Waals surface area contributed by atoms with Crippen molar-refractivity contribution in [3.05, 3.63) is 28.6 Å². The van der Waals surface area contributed by atoms with E-state index in [1.54, 1.807) is 25.4 Å². The zero-order chi connectivity index (χ0) is 15.3. The van der Waals surface area contributed by atoms with Crippen LogP contribution in [0.5, 0.6) is 10.1 Å². The topological polar surface area (TPSA) is 78.6 Å². The summed E-state index contributed by atoms with van der Waals surface area (Å²) in [5.74, 6) is 0. The number of methoxy groups -OCH3 is 2. The van der Waals surface area contributed by atoms with Crippen molar-refractivity contribution in [1.29, 1.82) is 0 Å². The van der Waals surface area contributed by atoms with E-state index < -0.39 is 10.0 Å². The third kappa shape index (κ3) is 4.48. The van der Waals surface area contributed by atoms with Crippen molar-refractivity contribution in [1.82, 2.24) is 0 Å². The number of hydrogen-bond donors (Lipinski definition) is 1. The second-order valence-corrected chi connectivity index (χ2v) is 7.56.